The van der Waals surface area contributed by atoms with Crippen LogP contribution in [0.5, 0.6) is 0 Å². The SMILES string of the molecule is CCCC(NN)C(OCC)c1ccccc1. The molecule has 16 heavy (non-hydrogen) atoms. The third-order valence-corrected chi connectivity index (χ3v) is 2.65. The van der Waals surface area contributed by atoms with Crippen LogP contribution in [0.1, 0.15) is 38.4 Å². The summed E-state index contributed by atoms with van der Waals surface area (Å²) in [6, 6.07) is 10.4. The van der Waals surface area contributed by atoms with Gasteiger partial charge in [-0.2, -0.15) is 0 Å². The summed E-state index contributed by atoms with van der Waals surface area (Å²) in [5.74, 6) is 5.60. The third-order valence-electron chi connectivity index (χ3n) is 2.65. The van der Waals surface area contributed by atoms with Crippen LogP contribution in [0.4, 0.5) is 0 Å². The van der Waals surface area contributed by atoms with E-state index in [9.17, 15) is 0 Å². The molecule has 0 aromatic heterocycles. The normalized spacial score (nSPS) is 14.7. The fourth-order valence-corrected chi connectivity index (χ4v) is 1.90. The van der Waals surface area contributed by atoms with E-state index in [1.165, 1.54) is 5.56 Å². The maximum Gasteiger partial charge on any atom is 0.0991 e. The van der Waals surface area contributed by atoms with Crippen LogP contribution in [-0.4, -0.2) is 12.6 Å². The minimum Gasteiger partial charge on any atom is -0.372 e. The molecule has 1 rings (SSSR count). The van der Waals surface area contributed by atoms with Crippen molar-refractivity contribution in [2.75, 3.05) is 6.61 Å². The van der Waals surface area contributed by atoms with Crippen molar-refractivity contribution >= 4 is 0 Å². The van der Waals surface area contributed by atoms with Gasteiger partial charge in [0.15, 0.2) is 0 Å². The Hall–Kier alpha value is -0.900. The van der Waals surface area contributed by atoms with E-state index in [1.54, 1.807) is 0 Å². The fraction of sp³-hybridized carbons (Fsp3) is 0.538. The molecule has 0 fully saturated rings. The lowest BCUT2D eigenvalue weighted by atomic mass is 9.99. The molecule has 0 heterocycles. The van der Waals surface area contributed by atoms with Crippen molar-refractivity contribution in [2.45, 2.75) is 38.8 Å². The van der Waals surface area contributed by atoms with Crippen molar-refractivity contribution in [3.63, 3.8) is 0 Å². The van der Waals surface area contributed by atoms with Gasteiger partial charge in [0.25, 0.3) is 0 Å². The molecule has 3 heteroatoms. The molecule has 0 aliphatic heterocycles. The summed E-state index contributed by atoms with van der Waals surface area (Å²) in [5, 5.41) is 0. The van der Waals surface area contributed by atoms with Crippen LogP contribution in [0.3, 0.4) is 0 Å². The summed E-state index contributed by atoms with van der Waals surface area (Å²) in [5.41, 5.74) is 4.04. The van der Waals surface area contributed by atoms with Gasteiger partial charge in [0, 0.05) is 6.61 Å². The highest BCUT2D eigenvalue weighted by Crippen LogP contribution is 2.23. The van der Waals surface area contributed by atoms with Gasteiger partial charge in [0.05, 0.1) is 12.1 Å². The summed E-state index contributed by atoms with van der Waals surface area (Å²) >= 11 is 0. The topological polar surface area (TPSA) is 47.3 Å². The average Bonchev–Trinajstić information content (AvgIpc) is 2.35. The Morgan fingerprint density at radius 2 is 1.94 bits per heavy atom. The molecule has 90 valence electrons. The first-order valence-electron chi connectivity index (χ1n) is 5.96. The third kappa shape index (κ3) is 3.59. The zero-order chi connectivity index (χ0) is 11.8. The minimum atomic E-state index is 0.0381. The number of benzene rings is 1. The van der Waals surface area contributed by atoms with Gasteiger partial charge in [-0.05, 0) is 18.9 Å². The van der Waals surface area contributed by atoms with E-state index < -0.39 is 0 Å². The molecule has 0 saturated heterocycles. The lowest BCUT2D eigenvalue weighted by Crippen LogP contribution is -2.40. The summed E-state index contributed by atoms with van der Waals surface area (Å²) in [7, 11) is 0. The van der Waals surface area contributed by atoms with Gasteiger partial charge in [-0.1, -0.05) is 43.7 Å². The fourth-order valence-electron chi connectivity index (χ4n) is 1.90. The molecule has 0 saturated carbocycles. The smallest absolute Gasteiger partial charge is 0.0991 e. The zero-order valence-electron chi connectivity index (χ0n) is 10.1. The summed E-state index contributed by atoms with van der Waals surface area (Å²) in [6.07, 6.45) is 2.14. The molecule has 0 aliphatic rings. The van der Waals surface area contributed by atoms with Crippen LogP contribution in [0.2, 0.25) is 0 Å². The number of hydrogen-bond donors (Lipinski definition) is 2. The molecule has 3 nitrogen and oxygen atoms in total. The molecular formula is C13H22N2O. The number of nitrogens with two attached hydrogens (primary N) is 1. The molecule has 0 radical (unpaired) electrons. The van der Waals surface area contributed by atoms with Gasteiger partial charge in [-0.15, -0.1) is 0 Å². The van der Waals surface area contributed by atoms with Gasteiger partial charge in [0.1, 0.15) is 0 Å². The molecule has 0 aliphatic carbocycles. The van der Waals surface area contributed by atoms with Gasteiger partial charge in [-0.3, -0.25) is 11.3 Å². The van der Waals surface area contributed by atoms with Crippen LogP contribution >= 0.6 is 0 Å². The Morgan fingerprint density at radius 3 is 2.44 bits per heavy atom. The van der Waals surface area contributed by atoms with E-state index >= 15 is 0 Å². The molecule has 0 amide bonds. The van der Waals surface area contributed by atoms with E-state index in [4.69, 9.17) is 10.6 Å². The van der Waals surface area contributed by atoms with Gasteiger partial charge < -0.3 is 4.74 Å². The minimum absolute atomic E-state index is 0.0381. The first-order valence-corrected chi connectivity index (χ1v) is 5.96. The molecule has 2 unspecified atom stereocenters. The van der Waals surface area contributed by atoms with Crippen LogP contribution in [0, 0.1) is 0 Å². The lowest BCUT2D eigenvalue weighted by molar-refractivity contribution is 0.0306. The molecule has 0 bridgehead atoms. The van der Waals surface area contributed by atoms with Crippen molar-refractivity contribution in [3.05, 3.63) is 35.9 Å². The van der Waals surface area contributed by atoms with E-state index in [1.807, 2.05) is 25.1 Å². The second kappa shape index (κ2) is 7.39. The van der Waals surface area contributed by atoms with E-state index in [-0.39, 0.29) is 12.1 Å². The zero-order valence-corrected chi connectivity index (χ0v) is 10.1. The average molecular weight is 222 g/mol. The standard InChI is InChI=1S/C13H22N2O/c1-3-8-12(15-14)13(16-4-2)11-9-6-5-7-10-11/h5-7,9-10,12-13,15H,3-4,8,14H2,1-2H3. The maximum absolute atomic E-state index is 5.79. The van der Waals surface area contributed by atoms with Crippen molar-refractivity contribution in [2.24, 2.45) is 5.84 Å². The van der Waals surface area contributed by atoms with Crippen molar-refractivity contribution < 1.29 is 4.74 Å². The predicted molar refractivity (Wildman–Crippen MR) is 66.8 cm³/mol. The van der Waals surface area contributed by atoms with Crippen LogP contribution in [0.15, 0.2) is 30.3 Å². The van der Waals surface area contributed by atoms with Crippen molar-refractivity contribution in [3.8, 4) is 0 Å². The molecule has 0 spiro atoms. The van der Waals surface area contributed by atoms with Crippen molar-refractivity contribution in [1.29, 1.82) is 0 Å². The van der Waals surface area contributed by atoms with Crippen molar-refractivity contribution in [1.82, 2.24) is 5.43 Å². The molecule has 3 N–H and O–H groups in total. The first kappa shape index (κ1) is 13.2. The monoisotopic (exact) mass is 222 g/mol. The maximum atomic E-state index is 5.79. The first-order chi connectivity index (χ1) is 7.83. The highest BCUT2D eigenvalue weighted by Gasteiger charge is 2.21. The van der Waals surface area contributed by atoms with Gasteiger partial charge in [0.2, 0.25) is 0 Å². The molecule has 1 aromatic carbocycles. The Balaban J connectivity index is 2.80. The highest BCUT2D eigenvalue weighted by molar-refractivity contribution is 5.19. The Bertz CT molecular complexity index is 277. The molecular weight excluding hydrogens is 200 g/mol. The Morgan fingerprint density at radius 1 is 1.25 bits per heavy atom. The Kier molecular flexibility index (Phi) is 6.08. The summed E-state index contributed by atoms with van der Waals surface area (Å²) < 4.78 is 5.79. The second-order valence-electron chi connectivity index (χ2n) is 3.85. The lowest BCUT2D eigenvalue weighted by Gasteiger charge is -2.26. The molecule has 2 atom stereocenters. The van der Waals surface area contributed by atoms with Crippen LogP contribution in [-0.2, 0) is 4.74 Å². The van der Waals surface area contributed by atoms with E-state index in [2.05, 4.69) is 24.5 Å². The second-order valence-corrected chi connectivity index (χ2v) is 3.85. The highest BCUT2D eigenvalue weighted by atomic mass is 16.5. The van der Waals surface area contributed by atoms with Crippen LogP contribution < -0.4 is 11.3 Å². The quantitative estimate of drug-likeness (QED) is 0.550. The van der Waals surface area contributed by atoms with Gasteiger partial charge in [-0.25, -0.2) is 0 Å². The molecule has 1 aromatic rings. The Labute approximate surface area is 98.0 Å². The number of nitrogens with one attached hydrogen (secondary N) is 1. The number of hydrazine groups is 1. The van der Waals surface area contributed by atoms with Gasteiger partial charge >= 0.3 is 0 Å². The van der Waals surface area contributed by atoms with E-state index in [0.717, 1.165) is 12.8 Å². The number of ether oxygens (including phenoxy) is 1. The largest absolute Gasteiger partial charge is 0.372 e. The predicted octanol–water partition coefficient (Wildman–Crippen LogP) is 2.40. The van der Waals surface area contributed by atoms with Crippen LogP contribution in [0.25, 0.3) is 0 Å². The summed E-state index contributed by atoms with van der Waals surface area (Å²) in [4.78, 5) is 0. The van der Waals surface area contributed by atoms with E-state index in [0.29, 0.717) is 6.61 Å². The number of hydrogen-bond acceptors (Lipinski definition) is 3. The number of rotatable bonds is 7. The summed E-state index contributed by atoms with van der Waals surface area (Å²) in [6.45, 7) is 4.86.